The Labute approximate surface area is 169 Å². The van der Waals surface area contributed by atoms with Gasteiger partial charge in [0.25, 0.3) is 11.8 Å². The van der Waals surface area contributed by atoms with Gasteiger partial charge in [0.05, 0.1) is 23.9 Å². The molecule has 1 saturated heterocycles. The summed E-state index contributed by atoms with van der Waals surface area (Å²) in [6.45, 7) is 0.775. The Kier molecular flexibility index (Phi) is 4.96. The fraction of sp³-hybridized carbons (Fsp3) is 0.318. The lowest BCUT2D eigenvalue weighted by molar-refractivity contribution is 0.0585. The summed E-state index contributed by atoms with van der Waals surface area (Å²) in [6.07, 6.45) is 3.11. The van der Waals surface area contributed by atoms with Gasteiger partial charge >= 0.3 is 5.97 Å². The van der Waals surface area contributed by atoms with E-state index in [1.165, 1.54) is 7.11 Å². The highest BCUT2D eigenvalue weighted by Crippen LogP contribution is 2.34. The first-order valence-electron chi connectivity index (χ1n) is 9.67. The molecule has 2 amide bonds. The van der Waals surface area contributed by atoms with E-state index >= 15 is 0 Å². The monoisotopic (exact) mass is 393 g/mol. The number of carbonyl (C=O) groups is 3. The number of nitrogens with zero attached hydrogens (tertiary/aromatic N) is 2. The lowest BCUT2D eigenvalue weighted by Crippen LogP contribution is -2.55. The number of methoxy groups -OCH3 is 1. The molecular weight excluding hydrogens is 370 g/mol. The van der Waals surface area contributed by atoms with E-state index in [-0.39, 0.29) is 18.0 Å². The topological polar surface area (TPSA) is 79.0 Å². The smallest absolute Gasteiger partial charge is 0.337 e. The largest absolute Gasteiger partial charge is 0.465 e. The van der Waals surface area contributed by atoms with E-state index in [0.29, 0.717) is 22.4 Å². The lowest BCUT2D eigenvalue weighted by Gasteiger charge is -2.46. The molecular formula is C22H23N3O4. The van der Waals surface area contributed by atoms with Crippen molar-refractivity contribution in [1.29, 1.82) is 0 Å². The second-order valence-corrected chi connectivity index (χ2v) is 7.34. The quantitative estimate of drug-likeness (QED) is 0.811. The average molecular weight is 393 g/mol. The van der Waals surface area contributed by atoms with Crippen molar-refractivity contribution >= 4 is 29.2 Å². The van der Waals surface area contributed by atoms with Gasteiger partial charge in [0.2, 0.25) is 0 Å². The third kappa shape index (κ3) is 3.44. The molecule has 7 heteroatoms. The van der Waals surface area contributed by atoms with Crippen LogP contribution in [-0.2, 0) is 4.74 Å². The number of benzene rings is 2. The number of hydrogen-bond acceptors (Lipinski definition) is 5. The van der Waals surface area contributed by atoms with Crippen LogP contribution in [0.3, 0.4) is 0 Å². The van der Waals surface area contributed by atoms with Gasteiger partial charge in [-0.05, 0) is 61.7 Å². The number of ether oxygens (including phenoxy) is 1. The van der Waals surface area contributed by atoms with Crippen LogP contribution in [0, 0.1) is 0 Å². The lowest BCUT2D eigenvalue weighted by atomic mass is 9.97. The third-order valence-corrected chi connectivity index (χ3v) is 5.61. The van der Waals surface area contributed by atoms with Crippen molar-refractivity contribution in [3.05, 3.63) is 59.2 Å². The summed E-state index contributed by atoms with van der Waals surface area (Å²) in [6, 6.07) is 11.7. The van der Waals surface area contributed by atoms with Crippen LogP contribution in [0.15, 0.2) is 42.5 Å². The number of carbonyl (C=O) groups excluding carboxylic acids is 3. The van der Waals surface area contributed by atoms with Crippen LogP contribution < -0.4 is 10.2 Å². The van der Waals surface area contributed by atoms with Gasteiger partial charge in [-0.25, -0.2) is 4.79 Å². The van der Waals surface area contributed by atoms with E-state index in [4.69, 9.17) is 0 Å². The minimum atomic E-state index is -0.429. The predicted octanol–water partition coefficient (Wildman–Crippen LogP) is 3.13. The molecule has 2 heterocycles. The van der Waals surface area contributed by atoms with Crippen molar-refractivity contribution in [2.45, 2.75) is 25.4 Å². The summed E-state index contributed by atoms with van der Waals surface area (Å²) in [5.74, 6) is -0.666. The van der Waals surface area contributed by atoms with E-state index in [0.717, 1.165) is 31.5 Å². The molecule has 2 aliphatic rings. The predicted molar refractivity (Wildman–Crippen MR) is 109 cm³/mol. The average Bonchev–Trinajstić information content (AvgIpc) is 2.77. The van der Waals surface area contributed by atoms with Gasteiger partial charge in [-0.3, -0.25) is 9.59 Å². The fourth-order valence-electron chi connectivity index (χ4n) is 4.03. The zero-order chi connectivity index (χ0) is 20.5. The van der Waals surface area contributed by atoms with Crippen molar-refractivity contribution < 1.29 is 19.1 Å². The minimum absolute atomic E-state index is 0.0353. The molecule has 1 unspecified atom stereocenters. The first-order valence-corrected chi connectivity index (χ1v) is 9.67. The molecule has 29 heavy (non-hydrogen) atoms. The number of anilines is 2. The van der Waals surface area contributed by atoms with Gasteiger partial charge in [0, 0.05) is 24.8 Å². The molecule has 0 radical (unpaired) electrons. The third-order valence-electron chi connectivity index (χ3n) is 5.61. The molecule has 2 aromatic carbocycles. The van der Waals surface area contributed by atoms with Crippen molar-refractivity contribution in [2.24, 2.45) is 0 Å². The number of piperidine rings is 1. The van der Waals surface area contributed by atoms with Crippen molar-refractivity contribution in [3.8, 4) is 0 Å². The zero-order valence-corrected chi connectivity index (χ0v) is 16.5. The molecule has 0 aliphatic carbocycles. The molecule has 1 fully saturated rings. The minimum Gasteiger partial charge on any atom is -0.465 e. The Hall–Kier alpha value is -3.35. The van der Waals surface area contributed by atoms with E-state index < -0.39 is 5.97 Å². The fourth-order valence-corrected chi connectivity index (χ4v) is 4.03. The molecule has 4 rings (SSSR count). The molecule has 0 saturated carbocycles. The van der Waals surface area contributed by atoms with Crippen LogP contribution in [0.25, 0.3) is 0 Å². The van der Waals surface area contributed by atoms with E-state index in [9.17, 15) is 14.4 Å². The highest BCUT2D eigenvalue weighted by atomic mass is 16.5. The summed E-state index contributed by atoms with van der Waals surface area (Å²) < 4.78 is 4.67. The number of rotatable bonds is 3. The maximum Gasteiger partial charge on any atom is 0.337 e. The van der Waals surface area contributed by atoms with Gasteiger partial charge in [-0.2, -0.15) is 0 Å². The number of nitrogens with one attached hydrogen (secondary N) is 1. The summed E-state index contributed by atoms with van der Waals surface area (Å²) in [5.41, 5.74) is 2.88. The Morgan fingerprint density at radius 1 is 1.07 bits per heavy atom. The second kappa shape index (κ2) is 7.58. The van der Waals surface area contributed by atoms with Crippen molar-refractivity contribution in [1.82, 2.24) is 4.90 Å². The van der Waals surface area contributed by atoms with Crippen LogP contribution in [0.1, 0.15) is 50.3 Å². The molecule has 0 bridgehead atoms. The molecule has 1 atom stereocenters. The first-order chi connectivity index (χ1) is 14.0. The Balaban J connectivity index is 1.55. The van der Waals surface area contributed by atoms with Gasteiger partial charge in [0.1, 0.15) is 6.17 Å². The van der Waals surface area contributed by atoms with E-state index in [1.807, 2.05) is 11.9 Å². The normalized spacial score (nSPS) is 18.0. The SMILES string of the molecule is COC(=O)c1ccc(NC(=O)c2ccc3c(c2)N(C)C2CCCCN2C3=O)cc1. The zero-order valence-electron chi connectivity index (χ0n) is 16.5. The van der Waals surface area contributed by atoms with Gasteiger partial charge in [0.15, 0.2) is 0 Å². The summed E-state index contributed by atoms with van der Waals surface area (Å²) >= 11 is 0. The number of fused-ring (bicyclic) bond motifs is 2. The molecule has 150 valence electrons. The standard InChI is InChI=1S/C22H23N3O4/c1-24-18-13-15(8-11-17(18)21(27)25-12-4-3-5-19(24)25)20(26)23-16-9-6-14(7-10-16)22(28)29-2/h6-11,13,19H,3-5,12H2,1-2H3,(H,23,26). The highest BCUT2D eigenvalue weighted by Gasteiger charge is 2.37. The maximum absolute atomic E-state index is 12.8. The summed E-state index contributed by atoms with van der Waals surface area (Å²) in [5, 5.41) is 2.83. The number of esters is 1. The van der Waals surface area contributed by atoms with Crippen LogP contribution >= 0.6 is 0 Å². The maximum atomic E-state index is 12.8. The molecule has 0 spiro atoms. The Morgan fingerprint density at radius 2 is 1.79 bits per heavy atom. The van der Waals surface area contributed by atoms with Crippen molar-refractivity contribution in [2.75, 3.05) is 30.9 Å². The Morgan fingerprint density at radius 3 is 2.52 bits per heavy atom. The summed E-state index contributed by atoms with van der Waals surface area (Å²) in [7, 11) is 3.30. The van der Waals surface area contributed by atoms with Gasteiger partial charge in [-0.1, -0.05) is 0 Å². The Bertz CT molecular complexity index is 971. The van der Waals surface area contributed by atoms with Crippen molar-refractivity contribution in [3.63, 3.8) is 0 Å². The van der Waals surface area contributed by atoms with Crippen LogP contribution in [0.5, 0.6) is 0 Å². The number of hydrogen-bond donors (Lipinski definition) is 1. The molecule has 2 aromatic rings. The van der Waals surface area contributed by atoms with Gasteiger partial charge in [-0.15, -0.1) is 0 Å². The van der Waals surface area contributed by atoms with Gasteiger partial charge < -0.3 is 19.9 Å². The first kappa shape index (κ1) is 19.0. The van der Waals surface area contributed by atoms with Crippen LogP contribution in [0.2, 0.25) is 0 Å². The molecule has 1 N–H and O–H groups in total. The number of amides is 2. The van der Waals surface area contributed by atoms with Crippen LogP contribution in [0.4, 0.5) is 11.4 Å². The molecule has 7 nitrogen and oxygen atoms in total. The van der Waals surface area contributed by atoms with Crippen LogP contribution in [-0.4, -0.2) is 49.6 Å². The molecule has 0 aromatic heterocycles. The summed E-state index contributed by atoms with van der Waals surface area (Å²) in [4.78, 5) is 41.1. The molecule has 2 aliphatic heterocycles. The van der Waals surface area contributed by atoms with E-state index in [2.05, 4.69) is 15.0 Å². The second-order valence-electron chi connectivity index (χ2n) is 7.34. The van der Waals surface area contributed by atoms with E-state index in [1.54, 1.807) is 42.5 Å². The highest BCUT2D eigenvalue weighted by molar-refractivity contribution is 6.08.